The summed E-state index contributed by atoms with van der Waals surface area (Å²) in [5.41, 5.74) is 7.24. The number of alkyl halides is 3. The van der Waals surface area contributed by atoms with Crippen LogP contribution in [-0.2, 0) is 12.7 Å². The Hall–Kier alpha value is -2.83. The third-order valence-electron chi connectivity index (χ3n) is 4.43. The molecule has 0 unspecified atom stereocenters. The van der Waals surface area contributed by atoms with E-state index in [1.165, 1.54) is 6.07 Å². The largest absolute Gasteiger partial charge is 0.436 e. The van der Waals surface area contributed by atoms with E-state index in [1.54, 1.807) is 48.5 Å². The lowest BCUT2D eigenvalue weighted by Gasteiger charge is -2.14. The van der Waals surface area contributed by atoms with Crippen LogP contribution in [0.3, 0.4) is 0 Å². The summed E-state index contributed by atoms with van der Waals surface area (Å²) in [4.78, 5) is 4.29. The number of aromatic nitrogens is 1. The quantitative estimate of drug-likeness (QED) is 0.438. The fourth-order valence-corrected chi connectivity index (χ4v) is 3.29. The highest BCUT2D eigenvalue weighted by Crippen LogP contribution is 2.40. The molecule has 0 aliphatic heterocycles. The molecule has 0 fully saturated rings. The molecule has 0 spiro atoms. The second kappa shape index (κ2) is 6.96. The van der Waals surface area contributed by atoms with Gasteiger partial charge < -0.3 is 10.2 Å². The highest BCUT2D eigenvalue weighted by Gasteiger charge is 2.34. The van der Waals surface area contributed by atoms with E-state index in [0.717, 1.165) is 6.07 Å². The summed E-state index contributed by atoms with van der Waals surface area (Å²) in [6.45, 7) is 0.217. The average molecular weight is 403 g/mol. The van der Waals surface area contributed by atoms with Gasteiger partial charge in [-0.15, -0.1) is 0 Å². The third-order valence-corrected chi connectivity index (χ3v) is 4.79. The minimum absolute atomic E-state index is 0.0883. The molecular formula is C21H14ClF3N2O. The zero-order chi connectivity index (χ0) is 19.9. The maximum atomic E-state index is 13.7. The molecule has 4 aromatic rings. The first-order valence-electron chi connectivity index (χ1n) is 8.43. The molecule has 0 radical (unpaired) electrons. The van der Waals surface area contributed by atoms with Crippen molar-refractivity contribution >= 4 is 22.7 Å². The van der Waals surface area contributed by atoms with Crippen LogP contribution in [0.4, 0.5) is 13.2 Å². The van der Waals surface area contributed by atoms with Gasteiger partial charge in [-0.1, -0.05) is 48.0 Å². The number of oxazole rings is 1. The van der Waals surface area contributed by atoms with Crippen LogP contribution in [0.5, 0.6) is 0 Å². The van der Waals surface area contributed by atoms with E-state index in [-0.39, 0.29) is 23.6 Å². The molecule has 0 atom stereocenters. The molecule has 0 aliphatic carbocycles. The van der Waals surface area contributed by atoms with E-state index in [2.05, 4.69) is 4.98 Å². The number of benzene rings is 3. The van der Waals surface area contributed by atoms with E-state index >= 15 is 0 Å². The van der Waals surface area contributed by atoms with Crippen LogP contribution in [0, 0.1) is 0 Å². The van der Waals surface area contributed by atoms with E-state index < -0.39 is 11.7 Å². The van der Waals surface area contributed by atoms with Crippen LogP contribution in [0.15, 0.2) is 65.1 Å². The molecule has 0 saturated heterocycles. The first-order valence-corrected chi connectivity index (χ1v) is 8.80. The molecule has 4 rings (SSSR count). The van der Waals surface area contributed by atoms with Gasteiger partial charge in [0.05, 0.1) is 5.56 Å². The summed E-state index contributed by atoms with van der Waals surface area (Å²) >= 11 is 6.12. The van der Waals surface area contributed by atoms with Crippen molar-refractivity contribution in [3.63, 3.8) is 0 Å². The Bertz CT molecular complexity index is 1150. The van der Waals surface area contributed by atoms with Gasteiger partial charge in [0.1, 0.15) is 5.52 Å². The molecule has 1 heterocycles. The first-order chi connectivity index (χ1) is 13.4. The molecule has 2 N–H and O–H groups in total. The lowest BCUT2D eigenvalue weighted by atomic mass is 9.97. The Balaban J connectivity index is 1.86. The van der Waals surface area contributed by atoms with Crippen LogP contribution < -0.4 is 5.73 Å². The second-order valence-corrected chi connectivity index (χ2v) is 6.67. The van der Waals surface area contributed by atoms with Crippen molar-refractivity contribution in [1.29, 1.82) is 0 Å². The predicted octanol–water partition coefficient (Wildman–Crippen LogP) is 6.29. The fourth-order valence-electron chi connectivity index (χ4n) is 3.05. The maximum absolute atomic E-state index is 13.7. The number of nitrogens with two attached hydrogens (primary N) is 1. The lowest BCUT2D eigenvalue weighted by Crippen LogP contribution is -2.07. The Labute approximate surface area is 163 Å². The number of fused-ring (bicyclic) bond motifs is 1. The molecule has 0 bridgehead atoms. The number of nitrogens with zero attached hydrogens (tertiary/aromatic N) is 1. The smallest absolute Gasteiger partial charge is 0.417 e. The number of hydrogen-bond donors (Lipinski definition) is 1. The van der Waals surface area contributed by atoms with Crippen molar-refractivity contribution in [2.45, 2.75) is 12.7 Å². The first kappa shape index (κ1) is 18.5. The van der Waals surface area contributed by atoms with Crippen LogP contribution >= 0.6 is 11.6 Å². The Morgan fingerprint density at radius 1 is 0.964 bits per heavy atom. The second-order valence-electron chi connectivity index (χ2n) is 6.26. The molecule has 0 saturated carbocycles. The lowest BCUT2D eigenvalue weighted by molar-refractivity contribution is -0.137. The summed E-state index contributed by atoms with van der Waals surface area (Å²) in [5, 5.41) is 0.435. The van der Waals surface area contributed by atoms with Crippen molar-refractivity contribution in [2.75, 3.05) is 0 Å². The summed E-state index contributed by atoms with van der Waals surface area (Å²) in [5.74, 6) is 0.0883. The normalized spacial score (nSPS) is 11.9. The monoisotopic (exact) mass is 402 g/mol. The summed E-state index contributed by atoms with van der Waals surface area (Å²) in [6, 6.07) is 15.7. The molecule has 3 nitrogen and oxygen atoms in total. The van der Waals surface area contributed by atoms with Crippen molar-refractivity contribution in [3.8, 4) is 22.6 Å². The fraction of sp³-hybridized carbons (Fsp3) is 0.0952. The summed E-state index contributed by atoms with van der Waals surface area (Å²) in [7, 11) is 0. The van der Waals surface area contributed by atoms with Crippen LogP contribution in [0.1, 0.15) is 11.1 Å². The summed E-state index contributed by atoms with van der Waals surface area (Å²) in [6.07, 6.45) is -4.52. The van der Waals surface area contributed by atoms with Gasteiger partial charge in [0.15, 0.2) is 5.58 Å². The number of hydrogen-bond acceptors (Lipinski definition) is 3. The molecular weight excluding hydrogens is 389 g/mol. The zero-order valence-electron chi connectivity index (χ0n) is 14.4. The van der Waals surface area contributed by atoms with Gasteiger partial charge in [-0.2, -0.15) is 13.2 Å². The summed E-state index contributed by atoms with van der Waals surface area (Å²) < 4.78 is 46.8. The van der Waals surface area contributed by atoms with Crippen LogP contribution in [-0.4, -0.2) is 4.98 Å². The molecule has 1 aromatic heterocycles. The van der Waals surface area contributed by atoms with Gasteiger partial charge in [-0.3, -0.25) is 0 Å². The number of rotatable bonds is 3. The minimum atomic E-state index is -4.52. The van der Waals surface area contributed by atoms with Gasteiger partial charge in [0.2, 0.25) is 5.89 Å². The zero-order valence-corrected chi connectivity index (χ0v) is 15.2. The maximum Gasteiger partial charge on any atom is 0.417 e. The van der Waals surface area contributed by atoms with Gasteiger partial charge in [-0.05, 0) is 41.0 Å². The van der Waals surface area contributed by atoms with Crippen molar-refractivity contribution < 1.29 is 17.6 Å². The van der Waals surface area contributed by atoms with E-state index in [0.29, 0.717) is 27.2 Å². The van der Waals surface area contributed by atoms with Gasteiger partial charge in [0.25, 0.3) is 0 Å². The highest BCUT2D eigenvalue weighted by molar-refractivity contribution is 6.32. The van der Waals surface area contributed by atoms with Gasteiger partial charge in [-0.25, -0.2) is 4.98 Å². The topological polar surface area (TPSA) is 52.0 Å². The molecule has 3 aromatic carbocycles. The van der Waals surface area contributed by atoms with Crippen molar-refractivity contribution in [2.24, 2.45) is 5.73 Å². The molecule has 28 heavy (non-hydrogen) atoms. The highest BCUT2D eigenvalue weighted by atomic mass is 35.5. The molecule has 7 heteroatoms. The Kier molecular flexibility index (Phi) is 4.61. The molecule has 0 amide bonds. The van der Waals surface area contributed by atoms with Crippen LogP contribution in [0.25, 0.3) is 33.7 Å². The molecule has 0 aliphatic rings. The van der Waals surface area contributed by atoms with E-state index in [4.69, 9.17) is 21.8 Å². The van der Waals surface area contributed by atoms with Crippen LogP contribution in [0.2, 0.25) is 5.02 Å². The average Bonchev–Trinajstić information content (AvgIpc) is 3.09. The van der Waals surface area contributed by atoms with E-state index in [1.807, 2.05) is 0 Å². The standard InChI is InChI=1S/C21H14ClF3N2O/c22-17-10-18-19(9-14(17)11-26)28-20(27-18)13-6-7-15(12-4-2-1-3-5-12)16(8-13)21(23,24)25/h1-10H,11,26H2. The van der Waals surface area contributed by atoms with Crippen molar-refractivity contribution in [1.82, 2.24) is 4.98 Å². The van der Waals surface area contributed by atoms with E-state index in [9.17, 15) is 13.2 Å². The predicted molar refractivity (Wildman–Crippen MR) is 103 cm³/mol. The minimum Gasteiger partial charge on any atom is -0.436 e. The van der Waals surface area contributed by atoms with Crippen molar-refractivity contribution in [3.05, 3.63) is 76.8 Å². The Morgan fingerprint density at radius 3 is 2.39 bits per heavy atom. The Morgan fingerprint density at radius 2 is 1.71 bits per heavy atom. The number of halogens is 4. The van der Waals surface area contributed by atoms with Gasteiger partial charge >= 0.3 is 6.18 Å². The SMILES string of the molecule is NCc1cc2oc(-c3ccc(-c4ccccc4)c(C(F)(F)F)c3)nc2cc1Cl. The van der Waals surface area contributed by atoms with Gasteiger partial charge in [0, 0.05) is 17.1 Å². The molecule has 142 valence electrons. The third kappa shape index (κ3) is 3.37.